The highest BCUT2D eigenvalue weighted by molar-refractivity contribution is 9.10. The Morgan fingerprint density at radius 2 is 1.79 bits per heavy atom. The van der Waals surface area contributed by atoms with Crippen LogP contribution in [0.1, 0.15) is 26.3 Å². The maximum atomic E-state index is 12.6. The van der Waals surface area contributed by atoms with Crippen molar-refractivity contribution in [3.63, 3.8) is 0 Å². The highest BCUT2D eigenvalue weighted by atomic mass is 79.9. The van der Waals surface area contributed by atoms with E-state index in [9.17, 15) is 8.42 Å². The molecule has 0 fully saturated rings. The van der Waals surface area contributed by atoms with Gasteiger partial charge in [-0.05, 0) is 53.4 Å². The predicted molar refractivity (Wildman–Crippen MR) is 82.5 cm³/mol. The fraction of sp³-hybridized carbons (Fsp3) is 0.538. The van der Waals surface area contributed by atoms with Gasteiger partial charge in [0.1, 0.15) is 0 Å². The van der Waals surface area contributed by atoms with Crippen LogP contribution in [0.15, 0.2) is 21.5 Å². The summed E-state index contributed by atoms with van der Waals surface area (Å²) in [4.78, 5) is 0.267. The fourth-order valence-electron chi connectivity index (χ4n) is 1.74. The molecular formula is C13H21BrN2O2S. The Bertz CT molecular complexity index is 570. The molecule has 0 heterocycles. The number of aryl methyl sites for hydroxylation is 1. The number of hydrogen-bond donors (Lipinski definition) is 1. The lowest BCUT2D eigenvalue weighted by Crippen LogP contribution is -2.38. The SMILES string of the molecule is Cc1cc(Br)c(N)cc1S(=O)(=O)N(C)C(C)C(C)C. The van der Waals surface area contributed by atoms with Crippen molar-refractivity contribution >= 4 is 31.6 Å². The van der Waals surface area contributed by atoms with Gasteiger partial charge in [0, 0.05) is 23.2 Å². The van der Waals surface area contributed by atoms with E-state index in [-0.39, 0.29) is 16.9 Å². The Hall–Kier alpha value is -0.590. The Morgan fingerprint density at radius 3 is 2.26 bits per heavy atom. The second-order valence-electron chi connectivity index (χ2n) is 5.15. The van der Waals surface area contributed by atoms with Crippen molar-refractivity contribution in [3.05, 3.63) is 22.2 Å². The van der Waals surface area contributed by atoms with Crippen LogP contribution in [0.4, 0.5) is 5.69 Å². The van der Waals surface area contributed by atoms with Gasteiger partial charge in [-0.2, -0.15) is 4.31 Å². The third-order valence-corrected chi connectivity index (χ3v) is 6.26. The summed E-state index contributed by atoms with van der Waals surface area (Å²) >= 11 is 3.30. The lowest BCUT2D eigenvalue weighted by molar-refractivity contribution is 0.315. The van der Waals surface area contributed by atoms with Crippen molar-refractivity contribution in [1.29, 1.82) is 0 Å². The molecule has 0 aliphatic carbocycles. The molecule has 0 aliphatic rings. The van der Waals surface area contributed by atoms with Gasteiger partial charge in [0.2, 0.25) is 10.0 Å². The van der Waals surface area contributed by atoms with Crippen molar-refractivity contribution in [1.82, 2.24) is 4.31 Å². The van der Waals surface area contributed by atoms with Crippen LogP contribution in [0.5, 0.6) is 0 Å². The van der Waals surface area contributed by atoms with E-state index in [4.69, 9.17) is 5.73 Å². The third-order valence-electron chi connectivity index (χ3n) is 3.49. The molecule has 6 heteroatoms. The first-order valence-electron chi connectivity index (χ1n) is 6.12. The van der Waals surface area contributed by atoms with Crippen LogP contribution in [0.3, 0.4) is 0 Å². The van der Waals surface area contributed by atoms with Gasteiger partial charge in [-0.15, -0.1) is 0 Å². The molecule has 0 bridgehead atoms. The van der Waals surface area contributed by atoms with Gasteiger partial charge in [0.05, 0.1) is 4.90 Å². The number of benzene rings is 1. The first-order valence-corrected chi connectivity index (χ1v) is 8.36. The zero-order valence-electron chi connectivity index (χ0n) is 11.9. The van der Waals surface area contributed by atoms with E-state index in [2.05, 4.69) is 15.9 Å². The van der Waals surface area contributed by atoms with Crippen molar-refractivity contribution < 1.29 is 8.42 Å². The Morgan fingerprint density at radius 1 is 1.26 bits per heavy atom. The molecule has 0 amide bonds. The maximum Gasteiger partial charge on any atom is 0.243 e. The first-order chi connectivity index (χ1) is 8.59. The van der Waals surface area contributed by atoms with Crippen molar-refractivity contribution in [2.24, 2.45) is 5.92 Å². The Kier molecular flexibility index (Phi) is 5.03. The molecule has 0 saturated carbocycles. The summed E-state index contributed by atoms with van der Waals surface area (Å²) in [6.45, 7) is 7.67. The van der Waals surface area contributed by atoms with E-state index in [0.717, 1.165) is 0 Å². The van der Waals surface area contributed by atoms with E-state index in [1.807, 2.05) is 20.8 Å². The third kappa shape index (κ3) is 3.30. The number of hydrogen-bond acceptors (Lipinski definition) is 3. The zero-order valence-corrected chi connectivity index (χ0v) is 14.3. The standard InChI is InChI=1S/C13H21BrN2O2S/c1-8(2)10(4)16(5)19(17,18)13-7-12(15)11(14)6-9(13)3/h6-8,10H,15H2,1-5H3. The zero-order chi connectivity index (χ0) is 15.0. The monoisotopic (exact) mass is 348 g/mol. The summed E-state index contributed by atoms with van der Waals surface area (Å²) in [5, 5.41) is 0. The number of halogens is 1. The summed E-state index contributed by atoms with van der Waals surface area (Å²) in [6, 6.07) is 3.17. The summed E-state index contributed by atoms with van der Waals surface area (Å²) in [5.74, 6) is 0.243. The van der Waals surface area contributed by atoms with E-state index in [1.54, 1.807) is 20.0 Å². The van der Waals surface area contributed by atoms with Gasteiger partial charge >= 0.3 is 0 Å². The highest BCUT2D eigenvalue weighted by Crippen LogP contribution is 2.29. The van der Waals surface area contributed by atoms with Gasteiger partial charge in [0.25, 0.3) is 0 Å². The average Bonchev–Trinajstić information content (AvgIpc) is 2.31. The molecule has 0 saturated heterocycles. The highest BCUT2D eigenvalue weighted by Gasteiger charge is 2.28. The quantitative estimate of drug-likeness (QED) is 0.850. The molecule has 1 rings (SSSR count). The fourth-order valence-corrected chi connectivity index (χ4v) is 3.93. The lowest BCUT2D eigenvalue weighted by Gasteiger charge is -2.28. The molecule has 0 spiro atoms. The van der Waals surface area contributed by atoms with E-state index >= 15 is 0 Å². The van der Waals surface area contributed by atoms with Crippen molar-refractivity contribution in [2.75, 3.05) is 12.8 Å². The minimum Gasteiger partial charge on any atom is -0.398 e. The van der Waals surface area contributed by atoms with E-state index in [0.29, 0.717) is 15.7 Å². The summed E-state index contributed by atoms with van der Waals surface area (Å²) in [5.41, 5.74) is 6.90. The normalized spacial score (nSPS) is 14.1. The molecule has 1 atom stereocenters. The van der Waals surface area contributed by atoms with Crippen LogP contribution < -0.4 is 5.73 Å². The molecule has 108 valence electrons. The number of nitrogens with zero attached hydrogens (tertiary/aromatic N) is 1. The molecular weight excluding hydrogens is 328 g/mol. The molecule has 4 nitrogen and oxygen atoms in total. The largest absolute Gasteiger partial charge is 0.398 e. The van der Waals surface area contributed by atoms with Crippen LogP contribution in [0.25, 0.3) is 0 Å². The van der Waals surface area contributed by atoms with E-state index in [1.165, 1.54) is 10.4 Å². The summed E-state index contributed by atoms with van der Waals surface area (Å²) in [6.07, 6.45) is 0. The van der Waals surface area contributed by atoms with E-state index < -0.39 is 10.0 Å². The number of sulfonamides is 1. The molecule has 1 unspecified atom stereocenters. The lowest BCUT2D eigenvalue weighted by atomic mass is 10.1. The second-order valence-corrected chi connectivity index (χ2v) is 7.97. The number of anilines is 1. The Labute approximate surface area is 124 Å². The minimum absolute atomic E-state index is 0.0747. The van der Waals surface area contributed by atoms with Crippen LogP contribution in [-0.2, 0) is 10.0 Å². The molecule has 0 radical (unpaired) electrons. The molecule has 1 aromatic carbocycles. The van der Waals surface area contributed by atoms with Crippen LogP contribution in [0, 0.1) is 12.8 Å². The van der Waals surface area contributed by atoms with Gasteiger partial charge < -0.3 is 5.73 Å². The summed E-state index contributed by atoms with van der Waals surface area (Å²) < 4.78 is 27.4. The number of nitrogens with two attached hydrogens (primary N) is 1. The number of rotatable bonds is 4. The van der Waals surface area contributed by atoms with Crippen LogP contribution in [-0.4, -0.2) is 25.8 Å². The molecule has 1 aromatic rings. The van der Waals surface area contributed by atoms with Gasteiger partial charge in [-0.25, -0.2) is 8.42 Å². The van der Waals surface area contributed by atoms with Gasteiger partial charge in [-0.1, -0.05) is 13.8 Å². The average molecular weight is 349 g/mol. The minimum atomic E-state index is -3.52. The smallest absolute Gasteiger partial charge is 0.243 e. The molecule has 0 aromatic heterocycles. The molecule has 19 heavy (non-hydrogen) atoms. The summed E-state index contributed by atoms with van der Waals surface area (Å²) in [7, 11) is -1.91. The van der Waals surface area contributed by atoms with Crippen molar-refractivity contribution in [2.45, 2.75) is 38.6 Å². The Balaban J connectivity index is 3.32. The maximum absolute atomic E-state index is 12.6. The second kappa shape index (κ2) is 5.81. The van der Waals surface area contributed by atoms with Crippen LogP contribution >= 0.6 is 15.9 Å². The topological polar surface area (TPSA) is 63.4 Å². The van der Waals surface area contributed by atoms with Crippen LogP contribution in [0.2, 0.25) is 0 Å². The first kappa shape index (κ1) is 16.5. The number of nitrogen functional groups attached to an aromatic ring is 1. The van der Waals surface area contributed by atoms with Crippen molar-refractivity contribution in [3.8, 4) is 0 Å². The van der Waals surface area contributed by atoms with Gasteiger partial charge in [0.15, 0.2) is 0 Å². The van der Waals surface area contributed by atoms with Gasteiger partial charge in [-0.3, -0.25) is 0 Å². The molecule has 0 aliphatic heterocycles. The molecule has 2 N–H and O–H groups in total. The predicted octanol–water partition coefficient (Wildman–Crippen LogP) is 3.00.